The Kier molecular flexibility index (Phi) is 7.06. The van der Waals surface area contributed by atoms with Crippen LogP contribution in [0.1, 0.15) is 50.5 Å². The van der Waals surface area contributed by atoms with E-state index in [-0.39, 0.29) is 9.92 Å². The number of rotatable bonds is 6. The zero-order valence-electron chi connectivity index (χ0n) is 15.0. The van der Waals surface area contributed by atoms with Gasteiger partial charge in [-0.25, -0.2) is 13.2 Å². The van der Waals surface area contributed by atoms with Gasteiger partial charge in [0.2, 0.25) is 5.91 Å². The van der Waals surface area contributed by atoms with Crippen LogP contribution in [0.3, 0.4) is 0 Å². The highest BCUT2D eigenvalue weighted by atomic mass is 35.5. The molecule has 0 radical (unpaired) electrons. The largest absolute Gasteiger partial charge is 0.338 e. The maximum absolute atomic E-state index is 12.7. The Hall–Kier alpha value is -1.60. The summed E-state index contributed by atoms with van der Waals surface area (Å²) in [4.78, 5) is 24.4. The van der Waals surface area contributed by atoms with E-state index in [0.717, 1.165) is 31.9 Å². The molecule has 1 aromatic rings. The second-order valence-corrected chi connectivity index (χ2v) is 9.14. The molecular weight excluding hydrogens is 376 g/mol. The fraction of sp³-hybridized carbons (Fsp3) is 0.556. The number of carbonyl (C=O) groups is 2. The summed E-state index contributed by atoms with van der Waals surface area (Å²) in [6.45, 7) is 2.19. The van der Waals surface area contributed by atoms with Gasteiger partial charge in [0.25, 0.3) is 0 Å². The molecule has 0 heterocycles. The molecule has 1 aromatic carbocycles. The first-order valence-corrected chi connectivity index (χ1v) is 11.1. The molecule has 2 rings (SSSR count). The van der Waals surface area contributed by atoms with Crippen molar-refractivity contribution in [3.63, 3.8) is 0 Å². The fourth-order valence-electron chi connectivity index (χ4n) is 3.41. The molecule has 1 aliphatic carbocycles. The Morgan fingerprint density at radius 1 is 1.27 bits per heavy atom. The summed E-state index contributed by atoms with van der Waals surface area (Å²) in [5, 5.41) is 5.00. The lowest BCUT2D eigenvalue weighted by Crippen LogP contribution is -2.42. The standard InChI is InChI=1S/C18H25ClN2O4S/c1-3-20-18(23)21-17(22)14(10-12-6-4-5-7-12)13-8-9-16(15(19)11-13)26(2,24)25/h8-9,11-12,14H,3-7,10H2,1-2H3,(H2,20,21,22,23). The number of urea groups is 1. The van der Waals surface area contributed by atoms with Gasteiger partial charge in [0.15, 0.2) is 9.84 Å². The fourth-order valence-corrected chi connectivity index (χ4v) is 4.75. The van der Waals surface area contributed by atoms with Gasteiger partial charge in [-0.1, -0.05) is 43.4 Å². The molecule has 26 heavy (non-hydrogen) atoms. The van der Waals surface area contributed by atoms with E-state index < -0.39 is 27.7 Å². The molecule has 6 nitrogen and oxygen atoms in total. The average molecular weight is 401 g/mol. The maximum atomic E-state index is 12.7. The number of nitrogens with one attached hydrogen (secondary N) is 2. The van der Waals surface area contributed by atoms with E-state index in [1.54, 1.807) is 13.0 Å². The van der Waals surface area contributed by atoms with Crippen LogP contribution < -0.4 is 10.6 Å². The van der Waals surface area contributed by atoms with Crippen molar-refractivity contribution in [2.75, 3.05) is 12.8 Å². The lowest BCUT2D eigenvalue weighted by atomic mass is 9.87. The van der Waals surface area contributed by atoms with Crippen molar-refractivity contribution in [1.29, 1.82) is 0 Å². The average Bonchev–Trinajstić information content (AvgIpc) is 3.04. The molecule has 0 saturated heterocycles. The van der Waals surface area contributed by atoms with E-state index in [2.05, 4.69) is 10.6 Å². The second kappa shape index (κ2) is 8.86. The van der Waals surface area contributed by atoms with E-state index in [0.29, 0.717) is 24.4 Å². The lowest BCUT2D eigenvalue weighted by molar-refractivity contribution is -0.121. The van der Waals surface area contributed by atoms with E-state index in [1.807, 2.05) is 0 Å². The Morgan fingerprint density at radius 2 is 1.92 bits per heavy atom. The zero-order chi connectivity index (χ0) is 19.3. The third kappa shape index (κ3) is 5.45. The van der Waals surface area contributed by atoms with Crippen molar-refractivity contribution < 1.29 is 18.0 Å². The van der Waals surface area contributed by atoms with E-state index >= 15 is 0 Å². The maximum Gasteiger partial charge on any atom is 0.321 e. The Bertz CT molecular complexity index is 773. The summed E-state index contributed by atoms with van der Waals surface area (Å²) in [5.41, 5.74) is 0.621. The van der Waals surface area contributed by atoms with Gasteiger partial charge < -0.3 is 5.32 Å². The van der Waals surface area contributed by atoms with E-state index in [9.17, 15) is 18.0 Å². The summed E-state index contributed by atoms with van der Waals surface area (Å²) in [6, 6.07) is 4.02. The van der Waals surface area contributed by atoms with E-state index in [4.69, 9.17) is 11.6 Å². The number of imide groups is 1. The molecule has 1 saturated carbocycles. The van der Waals surface area contributed by atoms with Crippen LogP contribution in [0.5, 0.6) is 0 Å². The molecule has 0 aliphatic heterocycles. The molecule has 1 atom stereocenters. The first-order valence-electron chi connectivity index (χ1n) is 8.80. The van der Waals surface area contributed by atoms with Gasteiger partial charge in [0, 0.05) is 12.8 Å². The minimum Gasteiger partial charge on any atom is -0.338 e. The predicted molar refractivity (Wildman–Crippen MR) is 101 cm³/mol. The summed E-state index contributed by atoms with van der Waals surface area (Å²) >= 11 is 6.14. The molecule has 1 unspecified atom stereocenters. The van der Waals surface area contributed by atoms with Crippen LogP contribution in [0, 0.1) is 5.92 Å². The predicted octanol–water partition coefficient (Wildman–Crippen LogP) is 3.25. The lowest BCUT2D eigenvalue weighted by Gasteiger charge is -2.21. The normalized spacial score (nSPS) is 16.3. The SMILES string of the molecule is CCNC(=O)NC(=O)C(CC1CCCC1)c1ccc(S(C)(=O)=O)c(Cl)c1. The molecule has 0 bridgehead atoms. The minimum absolute atomic E-state index is 0.0340. The van der Waals surface area contributed by atoms with Crippen LogP contribution in [-0.4, -0.2) is 33.2 Å². The van der Waals surface area contributed by atoms with Gasteiger partial charge in [0.05, 0.1) is 15.8 Å². The highest BCUT2D eigenvalue weighted by Gasteiger charge is 2.28. The van der Waals surface area contributed by atoms with Crippen LogP contribution >= 0.6 is 11.6 Å². The minimum atomic E-state index is -3.44. The van der Waals surface area contributed by atoms with Crippen molar-refractivity contribution >= 4 is 33.4 Å². The summed E-state index contributed by atoms with van der Waals surface area (Å²) in [5.74, 6) is -0.536. The molecule has 3 amide bonds. The summed E-state index contributed by atoms with van der Waals surface area (Å²) in [6.07, 6.45) is 6.10. The van der Waals surface area contributed by atoms with Crippen LogP contribution in [-0.2, 0) is 14.6 Å². The van der Waals surface area contributed by atoms with Gasteiger partial charge in [-0.2, -0.15) is 0 Å². The van der Waals surface area contributed by atoms with Crippen molar-refractivity contribution in [3.05, 3.63) is 28.8 Å². The Balaban J connectivity index is 2.28. The van der Waals surface area contributed by atoms with Crippen LogP contribution in [0.15, 0.2) is 23.1 Å². The van der Waals surface area contributed by atoms with Gasteiger partial charge in [-0.15, -0.1) is 0 Å². The number of benzene rings is 1. The van der Waals surface area contributed by atoms with Crippen molar-refractivity contribution in [1.82, 2.24) is 10.6 Å². The van der Waals surface area contributed by atoms with Gasteiger partial charge >= 0.3 is 6.03 Å². The van der Waals surface area contributed by atoms with Crippen molar-refractivity contribution in [2.24, 2.45) is 5.92 Å². The first-order chi connectivity index (χ1) is 12.2. The molecule has 1 fully saturated rings. The van der Waals surface area contributed by atoms with Gasteiger partial charge in [-0.05, 0) is 37.0 Å². The molecule has 0 spiro atoms. The van der Waals surface area contributed by atoms with Gasteiger partial charge in [0.1, 0.15) is 0 Å². The number of carbonyl (C=O) groups excluding carboxylic acids is 2. The van der Waals surface area contributed by atoms with E-state index in [1.165, 1.54) is 12.1 Å². The molecular formula is C18H25ClN2O4S. The monoisotopic (exact) mass is 400 g/mol. The number of hydrogen-bond donors (Lipinski definition) is 2. The number of sulfone groups is 1. The van der Waals surface area contributed by atoms with Crippen molar-refractivity contribution in [2.45, 2.75) is 49.8 Å². The van der Waals surface area contributed by atoms with Crippen molar-refractivity contribution in [3.8, 4) is 0 Å². The summed E-state index contributed by atoms with van der Waals surface area (Å²) in [7, 11) is -3.44. The Morgan fingerprint density at radius 3 is 2.46 bits per heavy atom. The molecule has 1 aliphatic rings. The zero-order valence-corrected chi connectivity index (χ0v) is 16.6. The number of halogens is 1. The quantitative estimate of drug-likeness (QED) is 0.766. The summed E-state index contributed by atoms with van der Waals surface area (Å²) < 4.78 is 23.5. The number of amides is 3. The second-order valence-electron chi connectivity index (χ2n) is 6.75. The third-order valence-corrected chi connectivity index (χ3v) is 6.27. The molecule has 2 N–H and O–H groups in total. The smallest absolute Gasteiger partial charge is 0.321 e. The topological polar surface area (TPSA) is 92.3 Å². The highest BCUT2D eigenvalue weighted by molar-refractivity contribution is 7.90. The molecule has 0 aromatic heterocycles. The third-order valence-electron chi connectivity index (χ3n) is 4.69. The molecule has 144 valence electrons. The van der Waals surface area contributed by atoms with Crippen LogP contribution in [0.25, 0.3) is 0 Å². The molecule has 8 heteroatoms. The van der Waals surface area contributed by atoms with Crippen LogP contribution in [0.2, 0.25) is 5.02 Å². The first kappa shape index (κ1) is 20.7. The van der Waals surface area contributed by atoms with Gasteiger partial charge in [-0.3, -0.25) is 10.1 Å². The number of hydrogen-bond acceptors (Lipinski definition) is 4. The Labute approximate surface area is 159 Å². The highest BCUT2D eigenvalue weighted by Crippen LogP contribution is 2.36. The van der Waals surface area contributed by atoms with Crippen LogP contribution in [0.4, 0.5) is 4.79 Å².